The van der Waals surface area contributed by atoms with Crippen LogP contribution in [0, 0.1) is 0 Å². The van der Waals surface area contributed by atoms with Crippen LogP contribution in [0.5, 0.6) is 0 Å². The molecule has 24 heavy (non-hydrogen) atoms. The minimum absolute atomic E-state index is 0. The average Bonchev–Trinajstić information content (AvgIpc) is 3.16. The zero-order valence-electron chi connectivity index (χ0n) is 16.0. The van der Waals surface area contributed by atoms with E-state index in [2.05, 4.69) is 96.5 Å². The largest absolute Gasteiger partial charge is 0.241 e. The fourth-order valence-electron chi connectivity index (χ4n) is 3.72. The first-order valence-corrected chi connectivity index (χ1v) is 8.77. The van der Waals surface area contributed by atoms with Gasteiger partial charge in [0.1, 0.15) is 6.20 Å². The second-order valence-corrected chi connectivity index (χ2v) is 9.04. The summed E-state index contributed by atoms with van der Waals surface area (Å²) in [5.41, 5.74) is 8.31. The van der Waals surface area contributed by atoms with Crippen molar-refractivity contribution in [3.8, 4) is 0 Å². The van der Waals surface area contributed by atoms with Crippen LogP contribution < -0.4 is 10.0 Å². The van der Waals surface area contributed by atoms with Gasteiger partial charge in [0, 0.05) is 34.5 Å². The van der Waals surface area contributed by atoms with Crippen molar-refractivity contribution in [2.45, 2.75) is 71.4 Å². The molecular weight excluding hydrogens is 339 g/mol. The van der Waals surface area contributed by atoms with Gasteiger partial charge >= 0.3 is 0 Å². The molecule has 2 nitrogen and oxygen atoms in total. The van der Waals surface area contributed by atoms with Crippen molar-refractivity contribution in [2.24, 2.45) is 0 Å². The molecule has 3 heteroatoms. The maximum Gasteiger partial charge on any atom is 0.241 e. The summed E-state index contributed by atoms with van der Waals surface area (Å²) in [5, 5.41) is 0. The third-order valence-electron chi connectivity index (χ3n) is 5.33. The number of nitrogens with one attached hydrogen (secondary N) is 1. The summed E-state index contributed by atoms with van der Waals surface area (Å²) in [6, 6.07) is 7.08. The standard InChI is InChI=1S/C21H31N2.Ni/c1-8-21-13-9-10-14-23(21,22-21)18-15-16(19(2,3)4)11-12-17(18)20(5,6)7;/h9-15,22H,8H2,1-7H3;/q+1;. The zero-order valence-corrected chi connectivity index (χ0v) is 17.0. The molecule has 1 aromatic carbocycles. The van der Waals surface area contributed by atoms with Gasteiger partial charge in [0.05, 0.1) is 0 Å². The van der Waals surface area contributed by atoms with E-state index in [1.54, 1.807) is 0 Å². The minimum Gasteiger partial charge on any atom is -0.157 e. The SMILES string of the molecule is CCC12C=CC=C[N+]1(c1cc(C(C)(C)C)ccc1C(C)(C)C)N2.[Ni]. The Morgan fingerprint density at radius 2 is 1.67 bits per heavy atom. The minimum atomic E-state index is 0. The maximum absolute atomic E-state index is 3.78. The van der Waals surface area contributed by atoms with Crippen LogP contribution in [0.15, 0.2) is 42.6 Å². The number of rotatable bonds is 2. The molecule has 0 aliphatic carbocycles. The Balaban J connectivity index is 0.00000208. The van der Waals surface area contributed by atoms with E-state index >= 15 is 0 Å². The first-order valence-electron chi connectivity index (χ1n) is 8.77. The van der Waals surface area contributed by atoms with E-state index < -0.39 is 0 Å². The molecule has 0 aromatic heterocycles. The Morgan fingerprint density at radius 3 is 2.21 bits per heavy atom. The summed E-state index contributed by atoms with van der Waals surface area (Å²) in [4.78, 5) is 0. The molecule has 2 atom stereocenters. The number of hydrogen-bond acceptors (Lipinski definition) is 1. The predicted octanol–water partition coefficient (Wildman–Crippen LogP) is 5.29. The fourth-order valence-corrected chi connectivity index (χ4v) is 3.72. The van der Waals surface area contributed by atoms with Gasteiger partial charge < -0.3 is 0 Å². The van der Waals surface area contributed by atoms with Crippen molar-refractivity contribution in [1.82, 2.24) is 10.0 Å². The van der Waals surface area contributed by atoms with E-state index in [0.717, 1.165) is 11.0 Å². The molecule has 1 aromatic rings. The molecule has 0 radical (unpaired) electrons. The summed E-state index contributed by atoms with van der Waals surface area (Å²) in [7, 11) is 0. The monoisotopic (exact) mass is 369 g/mol. The molecule has 1 N–H and O–H groups in total. The van der Waals surface area contributed by atoms with Gasteiger partial charge in [-0.05, 0) is 28.5 Å². The van der Waals surface area contributed by atoms with Crippen molar-refractivity contribution >= 4 is 5.69 Å². The Kier molecular flexibility index (Phi) is 4.72. The van der Waals surface area contributed by atoms with Gasteiger partial charge in [-0.25, -0.2) is 0 Å². The first kappa shape index (κ1) is 19.4. The van der Waals surface area contributed by atoms with Crippen LogP contribution in [-0.4, -0.2) is 5.66 Å². The van der Waals surface area contributed by atoms with E-state index in [0.29, 0.717) is 0 Å². The third kappa shape index (κ3) is 2.81. The number of benzene rings is 1. The molecule has 0 bridgehead atoms. The third-order valence-corrected chi connectivity index (χ3v) is 5.33. The van der Waals surface area contributed by atoms with Gasteiger partial charge in [-0.2, -0.15) is 4.59 Å². The van der Waals surface area contributed by atoms with Crippen molar-refractivity contribution in [3.05, 3.63) is 53.8 Å². The van der Waals surface area contributed by atoms with Gasteiger partial charge in [-0.1, -0.05) is 72.1 Å². The number of quaternary nitrogens is 1. The zero-order chi connectivity index (χ0) is 17.1. The van der Waals surface area contributed by atoms with Crippen molar-refractivity contribution < 1.29 is 16.5 Å². The van der Waals surface area contributed by atoms with Crippen LogP contribution in [0.25, 0.3) is 0 Å². The number of allylic oxidation sites excluding steroid dienone is 2. The van der Waals surface area contributed by atoms with Crippen LogP contribution in [-0.2, 0) is 27.3 Å². The van der Waals surface area contributed by atoms with Crippen LogP contribution >= 0.6 is 0 Å². The van der Waals surface area contributed by atoms with E-state index in [-0.39, 0.29) is 33.0 Å². The van der Waals surface area contributed by atoms with Crippen LogP contribution in [0.4, 0.5) is 5.69 Å². The van der Waals surface area contributed by atoms with E-state index in [1.165, 1.54) is 16.8 Å². The average molecular weight is 370 g/mol. The molecule has 2 heterocycles. The van der Waals surface area contributed by atoms with E-state index in [4.69, 9.17) is 0 Å². The molecular formula is C21H31N2Ni+. The Labute approximate surface area is 157 Å². The molecule has 2 unspecified atom stereocenters. The summed E-state index contributed by atoms with van der Waals surface area (Å²) < 4.78 is 0.760. The summed E-state index contributed by atoms with van der Waals surface area (Å²) in [6.07, 6.45) is 10.1. The molecule has 3 rings (SSSR count). The molecule has 2 aliphatic heterocycles. The Morgan fingerprint density at radius 1 is 1.00 bits per heavy atom. The second kappa shape index (κ2) is 5.83. The van der Waals surface area contributed by atoms with Crippen LogP contribution in [0.3, 0.4) is 0 Å². The van der Waals surface area contributed by atoms with E-state index in [9.17, 15) is 0 Å². The van der Waals surface area contributed by atoms with Gasteiger partial charge in [0.2, 0.25) is 5.66 Å². The smallest absolute Gasteiger partial charge is 0.157 e. The van der Waals surface area contributed by atoms with Gasteiger partial charge in [-0.3, -0.25) is 0 Å². The number of fused-ring (bicyclic) bond motifs is 1. The Bertz CT molecular complexity index is 691. The molecule has 0 saturated carbocycles. The quantitative estimate of drug-likeness (QED) is 0.426. The number of hydrogen-bond donors (Lipinski definition) is 1. The molecule has 1 fully saturated rings. The first-order chi connectivity index (χ1) is 10.6. The summed E-state index contributed by atoms with van der Waals surface area (Å²) in [5.74, 6) is 0. The van der Waals surface area contributed by atoms with Gasteiger partial charge in [-0.15, -0.1) is 0 Å². The second-order valence-electron chi connectivity index (χ2n) is 9.04. The van der Waals surface area contributed by atoms with Crippen molar-refractivity contribution in [3.63, 3.8) is 0 Å². The van der Waals surface area contributed by atoms with Crippen molar-refractivity contribution in [2.75, 3.05) is 0 Å². The molecule has 1 saturated heterocycles. The molecule has 2 aliphatic rings. The molecule has 134 valence electrons. The normalized spacial score (nSPS) is 28.3. The fraction of sp³-hybridized carbons (Fsp3) is 0.524. The predicted molar refractivity (Wildman–Crippen MR) is 100 cm³/mol. The molecule has 0 amide bonds. The van der Waals surface area contributed by atoms with Crippen LogP contribution in [0.1, 0.15) is 66.0 Å². The summed E-state index contributed by atoms with van der Waals surface area (Å²) >= 11 is 0. The van der Waals surface area contributed by atoms with E-state index in [1.807, 2.05) is 0 Å². The van der Waals surface area contributed by atoms with Gasteiger partial charge in [0.25, 0.3) is 0 Å². The van der Waals surface area contributed by atoms with Gasteiger partial charge in [0.15, 0.2) is 5.69 Å². The summed E-state index contributed by atoms with van der Waals surface area (Å²) in [6.45, 7) is 16.1. The van der Waals surface area contributed by atoms with Crippen LogP contribution in [0.2, 0.25) is 0 Å². The maximum atomic E-state index is 3.78. The van der Waals surface area contributed by atoms with Crippen molar-refractivity contribution in [1.29, 1.82) is 0 Å². The number of nitrogens with zero attached hydrogens (tertiary/aromatic N) is 1. The molecule has 0 spiro atoms. The Hall–Kier alpha value is -0.886. The topological polar surface area (TPSA) is 21.9 Å².